The minimum atomic E-state index is 0. The van der Waals surface area contributed by atoms with Gasteiger partial charge in [-0.2, -0.15) is 0 Å². The van der Waals surface area contributed by atoms with Gasteiger partial charge in [0.1, 0.15) is 12.1 Å². The van der Waals surface area contributed by atoms with E-state index < -0.39 is 0 Å². The minimum absolute atomic E-state index is 0. The zero-order chi connectivity index (χ0) is 15.4. The molecule has 23 heavy (non-hydrogen) atoms. The first-order valence-corrected chi connectivity index (χ1v) is 7.70. The van der Waals surface area contributed by atoms with Crippen LogP contribution >= 0.6 is 24.0 Å². The summed E-state index contributed by atoms with van der Waals surface area (Å²) in [5, 5.41) is 0. The standard InChI is InChI=1S/C16H22N6.HI/c1-13-3-2-7-21(11-13)16(17)20-10-14-4-5-19-15(9-14)22-8-6-18-12-22;/h4-6,8-9,12-13H,2-3,7,10-11H2,1H3,(H2,17,20);1H. The smallest absolute Gasteiger partial charge is 0.191 e. The topological polar surface area (TPSA) is 72.3 Å². The van der Waals surface area contributed by atoms with Crippen LogP contribution in [-0.4, -0.2) is 38.5 Å². The van der Waals surface area contributed by atoms with Crippen LogP contribution in [0, 0.1) is 5.92 Å². The number of imidazole rings is 1. The van der Waals surface area contributed by atoms with Gasteiger partial charge in [0.15, 0.2) is 5.96 Å². The molecule has 0 spiro atoms. The number of hydrogen-bond donors (Lipinski definition) is 1. The van der Waals surface area contributed by atoms with Crippen molar-refractivity contribution < 1.29 is 0 Å². The molecule has 124 valence electrons. The van der Waals surface area contributed by atoms with E-state index in [1.807, 2.05) is 22.9 Å². The van der Waals surface area contributed by atoms with Crippen molar-refractivity contribution in [1.29, 1.82) is 0 Å². The van der Waals surface area contributed by atoms with Crippen molar-refractivity contribution in [3.05, 3.63) is 42.6 Å². The summed E-state index contributed by atoms with van der Waals surface area (Å²) in [6, 6.07) is 3.98. The average Bonchev–Trinajstić information content (AvgIpc) is 3.07. The molecule has 0 amide bonds. The van der Waals surface area contributed by atoms with Crippen LogP contribution in [0.15, 0.2) is 42.0 Å². The van der Waals surface area contributed by atoms with Crippen molar-refractivity contribution in [2.75, 3.05) is 13.1 Å². The van der Waals surface area contributed by atoms with E-state index in [9.17, 15) is 0 Å². The fourth-order valence-corrected chi connectivity index (χ4v) is 2.76. The summed E-state index contributed by atoms with van der Waals surface area (Å²) >= 11 is 0. The summed E-state index contributed by atoms with van der Waals surface area (Å²) in [7, 11) is 0. The third-order valence-electron chi connectivity index (χ3n) is 3.98. The van der Waals surface area contributed by atoms with Crippen LogP contribution in [-0.2, 0) is 6.54 Å². The zero-order valence-electron chi connectivity index (χ0n) is 13.3. The Kier molecular flexibility index (Phi) is 6.37. The fourth-order valence-electron chi connectivity index (χ4n) is 2.76. The van der Waals surface area contributed by atoms with Gasteiger partial charge in [-0.15, -0.1) is 24.0 Å². The van der Waals surface area contributed by atoms with Crippen LogP contribution in [0.5, 0.6) is 0 Å². The lowest BCUT2D eigenvalue weighted by Gasteiger charge is -2.31. The van der Waals surface area contributed by atoms with Crippen LogP contribution in [0.25, 0.3) is 5.82 Å². The molecule has 0 saturated carbocycles. The maximum atomic E-state index is 6.14. The molecule has 0 bridgehead atoms. The van der Waals surface area contributed by atoms with Crippen molar-refractivity contribution in [2.24, 2.45) is 16.6 Å². The van der Waals surface area contributed by atoms with Crippen molar-refractivity contribution in [3.63, 3.8) is 0 Å². The number of rotatable bonds is 3. The highest BCUT2D eigenvalue weighted by atomic mass is 127. The average molecular weight is 426 g/mol. The number of halogens is 1. The van der Waals surface area contributed by atoms with Crippen molar-refractivity contribution in [3.8, 4) is 5.82 Å². The molecule has 2 aromatic rings. The monoisotopic (exact) mass is 426 g/mol. The van der Waals surface area contributed by atoms with Crippen molar-refractivity contribution >= 4 is 29.9 Å². The first kappa shape index (κ1) is 17.7. The molecule has 1 atom stereocenters. The first-order valence-electron chi connectivity index (χ1n) is 7.70. The van der Waals surface area contributed by atoms with E-state index in [0.29, 0.717) is 18.4 Å². The Hall–Kier alpha value is -1.64. The number of nitrogens with two attached hydrogens (primary N) is 1. The molecule has 1 saturated heterocycles. The molecule has 1 aliphatic heterocycles. The van der Waals surface area contributed by atoms with Gasteiger partial charge in [-0.05, 0) is 36.5 Å². The number of aromatic nitrogens is 3. The van der Waals surface area contributed by atoms with Gasteiger partial charge < -0.3 is 10.6 Å². The maximum Gasteiger partial charge on any atom is 0.191 e. The number of piperidine rings is 1. The van der Waals surface area contributed by atoms with Gasteiger partial charge in [0, 0.05) is 31.7 Å². The van der Waals surface area contributed by atoms with Gasteiger partial charge in [0.2, 0.25) is 0 Å². The summed E-state index contributed by atoms with van der Waals surface area (Å²) in [6.07, 6.45) is 9.61. The maximum absolute atomic E-state index is 6.14. The van der Waals surface area contributed by atoms with Gasteiger partial charge >= 0.3 is 0 Å². The van der Waals surface area contributed by atoms with E-state index in [4.69, 9.17) is 5.73 Å². The molecule has 1 fully saturated rings. The Morgan fingerprint density at radius 1 is 1.43 bits per heavy atom. The molecule has 2 aromatic heterocycles. The van der Waals surface area contributed by atoms with E-state index in [2.05, 4.69) is 26.8 Å². The number of likely N-dealkylation sites (tertiary alicyclic amines) is 1. The quantitative estimate of drug-likeness (QED) is 0.465. The van der Waals surface area contributed by atoms with Crippen LogP contribution < -0.4 is 5.73 Å². The van der Waals surface area contributed by atoms with E-state index >= 15 is 0 Å². The molecular formula is C16H23IN6. The summed E-state index contributed by atoms with van der Waals surface area (Å²) in [4.78, 5) is 15.1. The van der Waals surface area contributed by atoms with E-state index in [-0.39, 0.29) is 24.0 Å². The molecule has 1 unspecified atom stereocenters. The Balaban J connectivity index is 0.00000192. The Morgan fingerprint density at radius 2 is 2.30 bits per heavy atom. The van der Waals surface area contributed by atoms with E-state index in [0.717, 1.165) is 24.5 Å². The van der Waals surface area contributed by atoms with Gasteiger partial charge in [-0.25, -0.2) is 15.0 Å². The first-order chi connectivity index (χ1) is 10.7. The molecule has 3 heterocycles. The van der Waals surface area contributed by atoms with E-state index in [1.54, 1.807) is 18.7 Å². The van der Waals surface area contributed by atoms with Crippen LogP contribution in [0.3, 0.4) is 0 Å². The van der Waals surface area contributed by atoms with Crippen LogP contribution in [0.2, 0.25) is 0 Å². The molecule has 0 aliphatic carbocycles. The van der Waals surface area contributed by atoms with Crippen LogP contribution in [0.4, 0.5) is 0 Å². The number of pyridine rings is 1. The zero-order valence-corrected chi connectivity index (χ0v) is 15.6. The lowest BCUT2D eigenvalue weighted by atomic mass is 10.0. The summed E-state index contributed by atoms with van der Waals surface area (Å²) in [5.41, 5.74) is 7.23. The summed E-state index contributed by atoms with van der Waals surface area (Å²) < 4.78 is 1.88. The van der Waals surface area contributed by atoms with Gasteiger partial charge in [-0.1, -0.05) is 6.92 Å². The fraction of sp³-hybridized carbons (Fsp3) is 0.438. The Bertz CT molecular complexity index is 640. The molecule has 6 nitrogen and oxygen atoms in total. The van der Waals surface area contributed by atoms with Crippen LogP contribution in [0.1, 0.15) is 25.3 Å². The highest BCUT2D eigenvalue weighted by Gasteiger charge is 2.17. The van der Waals surface area contributed by atoms with Gasteiger partial charge in [0.05, 0.1) is 6.54 Å². The SMILES string of the molecule is CC1CCCN(C(N)=NCc2ccnc(-n3ccnc3)c2)C1.I. The number of hydrogen-bond acceptors (Lipinski definition) is 3. The lowest BCUT2D eigenvalue weighted by Crippen LogP contribution is -2.43. The number of nitrogens with zero attached hydrogens (tertiary/aromatic N) is 5. The van der Waals surface area contributed by atoms with Gasteiger partial charge in [0.25, 0.3) is 0 Å². The second-order valence-corrected chi connectivity index (χ2v) is 5.86. The largest absolute Gasteiger partial charge is 0.370 e. The Morgan fingerprint density at radius 3 is 3.04 bits per heavy atom. The highest BCUT2D eigenvalue weighted by Crippen LogP contribution is 2.15. The van der Waals surface area contributed by atoms with E-state index in [1.165, 1.54) is 12.8 Å². The molecular weight excluding hydrogens is 403 g/mol. The van der Waals surface area contributed by atoms with Crippen molar-refractivity contribution in [2.45, 2.75) is 26.3 Å². The predicted molar refractivity (Wildman–Crippen MR) is 102 cm³/mol. The van der Waals surface area contributed by atoms with Crippen molar-refractivity contribution in [1.82, 2.24) is 19.4 Å². The molecule has 2 N–H and O–H groups in total. The molecule has 1 aliphatic rings. The summed E-state index contributed by atoms with van der Waals surface area (Å²) in [5.74, 6) is 2.18. The minimum Gasteiger partial charge on any atom is -0.370 e. The molecule has 3 rings (SSSR count). The lowest BCUT2D eigenvalue weighted by molar-refractivity contribution is 0.270. The second-order valence-electron chi connectivity index (χ2n) is 5.86. The third kappa shape index (κ3) is 4.66. The predicted octanol–water partition coefficient (Wildman–Crippen LogP) is 2.43. The molecule has 0 radical (unpaired) electrons. The normalized spacial score (nSPS) is 18.6. The van der Waals surface area contributed by atoms with Gasteiger partial charge in [-0.3, -0.25) is 4.57 Å². The Labute approximate surface area is 153 Å². The molecule has 0 aromatic carbocycles. The molecule has 7 heteroatoms. The number of guanidine groups is 1. The highest BCUT2D eigenvalue weighted by molar-refractivity contribution is 14.0. The third-order valence-corrected chi connectivity index (χ3v) is 3.98. The second kappa shape index (κ2) is 8.28. The number of aliphatic imine (C=N–C) groups is 1. The summed E-state index contributed by atoms with van der Waals surface area (Å²) in [6.45, 7) is 4.85.